The molecule has 2 aromatic carbocycles. The topological polar surface area (TPSA) is 50.4 Å². The third kappa shape index (κ3) is 2.98. The largest absolute Gasteiger partial charge is 0.454 e. The Balaban J connectivity index is 1.41. The molecular formula is C22H23N3O2. The Labute approximate surface area is 158 Å². The van der Waals surface area contributed by atoms with Crippen LogP contribution in [0.15, 0.2) is 48.7 Å². The molecule has 5 heteroatoms. The Morgan fingerprint density at radius 1 is 1.15 bits per heavy atom. The van der Waals surface area contributed by atoms with Crippen molar-refractivity contribution >= 4 is 0 Å². The lowest BCUT2D eigenvalue weighted by Crippen LogP contribution is -2.27. The lowest BCUT2D eigenvalue weighted by Gasteiger charge is -2.33. The number of benzene rings is 2. The van der Waals surface area contributed by atoms with Gasteiger partial charge in [-0.15, -0.1) is 0 Å². The molecule has 5 rings (SSSR count). The Morgan fingerprint density at radius 2 is 2.04 bits per heavy atom. The van der Waals surface area contributed by atoms with Crippen molar-refractivity contribution in [2.45, 2.75) is 31.8 Å². The second-order valence-electron chi connectivity index (χ2n) is 7.36. The van der Waals surface area contributed by atoms with E-state index < -0.39 is 0 Å². The number of ether oxygens (including phenoxy) is 2. The molecule has 1 aromatic heterocycles. The summed E-state index contributed by atoms with van der Waals surface area (Å²) >= 11 is 0. The van der Waals surface area contributed by atoms with Crippen LogP contribution >= 0.6 is 0 Å². The number of aryl methyl sites for hydroxylation is 1. The van der Waals surface area contributed by atoms with Crippen LogP contribution < -0.4 is 9.47 Å². The minimum absolute atomic E-state index is 0.290. The highest BCUT2D eigenvalue weighted by Crippen LogP contribution is 2.38. The number of nitrogens with zero attached hydrogens (tertiary/aromatic N) is 2. The minimum atomic E-state index is 0.290. The Hall–Kier alpha value is -2.79. The maximum atomic E-state index is 5.53. The van der Waals surface area contributed by atoms with Crippen LogP contribution in [0.1, 0.15) is 35.6 Å². The number of nitrogens with one attached hydrogen (secondary N) is 1. The first-order valence-electron chi connectivity index (χ1n) is 9.50. The fourth-order valence-electron chi connectivity index (χ4n) is 4.30. The summed E-state index contributed by atoms with van der Waals surface area (Å²) in [7, 11) is 2.21. The molecule has 2 aliphatic rings. The smallest absolute Gasteiger partial charge is 0.231 e. The Kier molecular flexibility index (Phi) is 4.09. The zero-order valence-corrected chi connectivity index (χ0v) is 15.4. The standard InChI is InChI=1S/C22H23N3O2/c1-25(19-8-4-6-15-5-2-3-7-18(15)19)13-17-12-23-24-22(17)16-9-10-20-21(11-16)27-14-26-20/h2-3,5,7,9-12,19H,4,6,8,13-14H2,1H3,(H,23,24). The van der Waals surface area contributed by atoms with Gasteiger partial charge in [0.1, 0.15) is 0 Å². The summed E-state index contributed by atoms with van der Waals surface area (Å²) in [4.78, 5) is 2.44. The first-order chi connectivity index (χ1) is 13.3. The summed E-state index contributed by atoms with van der Waals surface area (Å²) in [5.74, 6) is 1.60. The number of aromatic amines is 1. The molecule has 0 fully saturated rings. The van der Waals surface area contributed by atoms with Crippen molar-refractivity contribution in [2.75, 3.05) is 13.8 Å². The molecule has 0 amide bonds. The molecule has 1 aliphatic carbocycles. The highest BCUT2D eigenvalue weighted by Gasteiger charge is 2.24. The number of aromatic nitrogens is 2. The minimum Gasteiger partial charge on any atom is -0.454 e. The van der Waals surface area contributed by atoms with E-state index in [0.29, 0.717) is 12.8 Å². The highest BCUT2D eigenvalue weighted by atomic mass is 16.7. The number of H-pyrrole nitrogens is 1. The molecule has 0 bridgehead atoms. The van der Waals surface area contributed by atoms with Crippen LogP contribution in [0.25, 0.3) is 11.3 Å². The van der Waals surface area contributed by atoms with E-state index in [1.807, 2.05) is 18.3 Å². The Morgan fingerprint density at radius 3 is 3.00 bits per heavy atom. The van der Waals surface area contributed by atoms with E-state index in [1.165, 1.54) is 36.0 Å². The van der Waals surface area contributed by atoms with Gasteiger partial charge >= 0.3 is 0 Å². The van der Waals surface area contributed by atoms with Gasteiger partial charge in [-0.05, 0) is 55.6 Å². The summed E-state index contributed by atoms with van der Waals surface area (Å²) in [5, 5.41) is 7.48. The van der Waals surface area contributed by atoms with Crippen molar-refractivity contribution in [3.05, 3.63) is 65.4 Å². The molecule has 1 N–H and O–H groups in total. The second-order valence-corrected chi connectivity index (χ2v) is 7.36. The van der Waals surface area contributed by atoms with E-state index >= 15 is 0 Å². The van der Waals surface area contributed by atoms with Crippen molar-refractivity contribution in [3.8, 4) is 22.8 Å². The fraction of sp³-hybridized carbons (Fsp3) is 0.318. The van der Waals surface area contributed by atoms with Gasteiger partial charge in [-0.3, -0.25) is 10.00 Å². The van der Waals surface area contributed by atoms with Crippen LogP contribution in [0.2, 0.25) is 0 Å². The van der Waals surface area contributed by atoms with Crippen molar-refractivity contribution in [3.63, 3.8) is 0 Å². The van der Waals surface area contributed by atoms with E-state index in [1.54, 1.807) is 0 Å². The molecule has 5 nitrogen and oxygen atoms in total. The second kappa shape index (κ2) is 6.74. The fourth-order valence-corrected chi connectivity index (χ4v) is 4.30. The molecule has 1 aliphatic heterocycles. The van der Waals surface area contributed by atoms with Gasteiger partial charge in [-0.2, -0.15) is 5.10 Å². The molecule has 0 radical (unpaired) electrons. The quantitative estimate of drug-likeness (QED) is 0.752. The third-order valence-corrected chi connectivity index (χ3v) is 5.67. The SMILES string of the molecule is CN(Cc1cn[nH]c1-c1ccc2c(c1)OCO2)C1CCCc2ccccc21. The number of hydrogen-bond donors (Lipinski definition) is 1. The lowest BCUT2D eigenvalue weighted by molar-refractivity contribution is 0.174. The summed E-state index contributed by atoms with van der Waals surface area (Å²) < 4.78 is 10.9. The molecule has 0 saturated carbocycles. The molecule has 1 unspecified atom stereocenters. The van der Waals surface area contributed by atoms with Crippen molar-refractivity contribution in [2.24, 2.45) is 0 Å². The van der Waals surface area contributed by atoms with Gasteiger partial charge in [-0.1, -0.05) is 24.3 Å². The Bertz CT molecular complexity index is 966. The molecule has 0 saturated heterocycles. The van der Waals surface area contributed by atoms with E-state index in [-0.39, 0.29) is 0 Å². The van der Waals surface area contributed by atoms with Crippen LogP contribution in [0, 0.1) is 0 Å². The van der Waals surface area contributed by atoms with E-state index in [2.05, 4.69) is 52.5 Å². The monoisotopic (exact) mass is 361 g/mol. The predicted octanol–water partition coefficient (Wildman–Crippen LogP) is 4.31. The zero-order valence-electron chi connectivity index (χ0n) is 15.4. The van der Waals surface area contributed by atoms with Crippen LogP contribution in [0.3, 0.4) is 0 Å². The van der Waals surface area contributed by atoms with Gasteiger partial charge < -0.3 is 9.47 Å². The first kappa shape index (κ1) is 16.4. The van der Waals surface area contributed by atoms with E-state index in [9.17, 15) is 0 Å². The lowest BCUT2D eigenvalue weighted by atomic mass is 9.87. The van der Waals surface area contributed by atoms with Gasteiger partial charge in [0.05, 0.1) is 11.9 Å². The molecule has 138 valence electrons. The van der Waals surface area contributed by atoms with Gasteiger partial charge in [-0.25, -0.2) is 0 Å². The normalized spacial score (nSPS) is 17.9. The van der Waals surface area contributed by atoms with Gasteiger partial charge in [0.2, 0.25) is 6.79 Å². The predicted molar refractivity (Wildman–Crippen MR) is 104 cm³/mol. The van der Waals surface area contributed by atoms with Crippen LogP contribution in [0.4, 0.5) is 0 Å². The van der Waals surface area contributed by atoms with Gasteiger partial charge in [0.15, 0.2) is 11.5 Å². The van der Waals surface area contributed by atoms with Crippen LogP contribution in [-0.4, -0.2) is 28.9 Å². The average molecular weight is 361 g/mol. The molecule has 27 heavy (non-hydrogen) atoms. The van der Waals surface area contributed by atoms with Gasteiger partial charge in [0.25, 0.3) is 0 Å². The summed E-state index contributed by atoms with van der Waals surface area (Å²) in [6.45, 7) is 1.14. The van der Waals surface area contributed by atoms with Crippen LogP contribution in [-0.2, 0) is 13.0 Å². The van der Waals surface area contributed by atoms with Crippen molar-refractivity contribution in [1.29, 1.82) is 0 Å². The van der Waals surface area contributed by atoms with E-state index in [4.69, 9.17) is 9.47 Å². The molecule has 3 aromatic rings. The number of hydrogen-bond acceptors (Lipinski definition) is 4. The first-order valence-corrected chi connectivity index (χ1v) is 9.50. The average Bonchev–Trinajstić information content (AvgIpc) is 3.36. The maximum Gasteiger partial charge on any atom is 0.231 e. The van der Waals surface area contributed by atoms with Gasteiger partial charge in [0, 0.05) is 23.7 Å². The zero-order chi connectivity index (χ0) is 18.2. The van der Waals surface area contributed by atoms with Crippen molar-refractivity contribution < 1.29 is 9.47 Å². The molecule has 2 heterocycles. The molecule has 1 atom stereocenters. The molecule has 0 spiro atoms. The number of rotatable bonds is 4. The summed E-state index contributed by atoms with van der Waals surface area (Å²) in [6, 6.07) is 15.3. The summed E-state index contributed by atoms with van der Waals surface area (Å²) in [6.07, 6.45) is 5.57. The molecular weight excluding hydrogens is 338 g/mol. The third-order valence-electron chi connectivity index (χ3n) is 5.67. The van der Waals surface area contributed by atoms with Crippen LogP contribution in [0.5, 0.6) is 11.5 Å². The highest BCUT2D eigenvalue weighted by molar-refractivity contribution is 5.67. The van der Waals surface area contributed by atoms with Crippen molar-refractivity contribution in [1.82, 2.24) is 15.1 Å². The maximum absolute atomic E-state index is 5.53. The summed E-state index contributed by atoms with van der Waals surface area (Å²) in [5.41, 5.74) is 6.27. The number of fused-ring (bicyclic) bond motifs is 2. The van der Waals surface area contributed by atoms with E-state index in [0.717, 1.165) is 29.3 Å².